The highest BCUT2D eigenvalue weighted by Gasteiger charge is 2.24. The predicted molar refractivity (Wildman–Crippen MR) is 120 cm³/mol. The van der Waals surface area contributed by atoms with E-state index < -0.39 is 11.5 Å². The number of ether oxygens (including phenoxy) is 1. The van der Waals surface area contributed by atoms with Crippen molar-refractivity contribution in [1.29, 1.82) is 0 Å². The Balaban J connectivity index is 1.62. The summed E-state index contributed by atoms with van der Waals surface area (Å²) in [5.74, 6) is 0.283. The Bertz CT molecular complexity index is 1130. The lowest BCUT2D eigenvalue weighted by Gasteiger charge is -2.22. The fourth-order valence-corrected chi connectivity index (χ4v) is 3.81. The van der Waals surface area contributed by atoms with Crippen LogP contribution < -0.4 is 25.7 Å². The van der Waals surface area contributed by atoms with E-state index in [0.29, 0.717) is 29.9 Å². The Kier molecular flexibility index (Phi) is 6.18. The molecule has 0 saturated carbocycles. The number of amides is 1. The third-order valence-electron chi connectivity index (χ3n) is 5.50. The molecule has 2 aromatic heterocycles. The fraction of sp³-hybridized carbons (Fsp3) is 0.348. The van der Waals surface area contributed by atoms with Gasteiger partial charge in [0.05, 0.1) is 19.4 Å². The van der Waals surface area contributed by atoms with Crippen LogP contribution in [0, 0.1) is 0 Å². The van der Waals surface area contributed by atoms with Gasteiger partial charge in [-0.15, -0.1) is 0 Å². The molecule has 1 amide bonds. The first-order valence-corrected chi connectivity index (χ1v) is 10.6. The second kappa shape index (κ2) is 9.18. The van der Waals surface area contributed by atoms with Crippen LogP contribution >= 0.6 is 0 Å². The lowest BCUT2D eigenvalue weighted by atomic mass is 10.1. The molecular formula is C23H27N4O4+. The number of nitrogens with zero attached hydrogens (tertiary/aromatic N) is 2. The zero-order valence-corrected chi connectivity index (χ0v) is 17.8. The van der Waals surface area contributed by atoms with Crippen molar-refractivity contribution in [2.24, 2.45) is 0 Å². The van der Waals surface area contributed by atoms with Crippen LogP contribution in [-0.2, 0) is 4.74 Å². The smallest absolute Gasteiger partial charge is 0.349 e. The van der Waals surface area contributed by atoms with Crippen molar-refractivity contribution in [1.82, 2.24) is 0 Å². The third kappa shape index (κ3) is 4.39. The average Bonchev–Trinajstić information content (AvgIpc) is 2.80. The first-order chi connectivity index (χ1) is 15.1. The summed E-state index contributed by atoms with van der Waals surface area (Å²) in [4.78, 5) is 33.0. The van der Waals surface area contributed by atoms with Gasteiger partial charge in [-0.1, -0.05) is 0 Å². The number of H-pyrrole nitrogens is 1. The first kappa shape index (κ1) is 20.9. The molecule has 8 heteroatoms. The number of anilines is 3. The zero-order valence-electron chi connectivity index (χ0n) is 17.8. The number of carbonyl (C=O) groups is 1. The van der Waals surface area contributed by atoms with E-state index in [2.05, 4.69) is 33.9 Å². The van der Waals surface area contributed by atoms with Crippen LogP contribution in [0.5, 0.6) is 0 Å². The molecule has 0 aliphatic carbocycles. The highest BCUT2D eigenvalue weighted by atomic mass is 16.5. The van der Waals surface area contributed by atoms with Gasteiger partial charge in [0, 0.05) is 30.2 Å². The van der Waals surface area contributed by atoms with Crippen molar-refractivity contribution in [3.05, 3.63) is 58.6 Å². The van der Waals surface area contributed by atoms with Gasteiger partial charge in [-0.25, -0.2) is 9.78 Å². The molecule has 0 spiro atoms. The number of benzene rings is 1. The molecule has 1 aromatic carbocycles. The zero-order chi connectivity index (χ0) is 21.8. The minimum Gasteiger partial charge on any atom is -0.422 e. The summed E-state index contributed by atoms with van der Waals surface area (Å²) in [7, 11) is 0. The molecule has 1 saturated heterocycles. The Morgan fingerprint density at radius 1 is 1.16 bits per heavy atom. The average molecular weight is 423 g/mol. The molecule has 3 aromatic rings. The maximum absolute atomic E-state index is 12.9. The number of aromatic nitrogens is 1. The molecule has 162 valence electrons. The summed E-state index contributed by atoms with van der Waals surface area (Å²) < 4.78 is 10.9. The molecule has 8 nitrogen and oxygen atoms in total. The van der Waals surface area contributed by atoms with Gasteiger partial charge in [0.2, 0.25) is 0 Å². The highest BCUT2D eigenvalue weighted by Crippen LogP contribution is 2.24. The van der Waals surface area contributed by atoms with E-state index in [9.17, 15) is 9.59 Å². The van der Waals surface area contributed by atoms with Crippen molar-refractivity contribution in [3.8, 4) is 0 Å². The summed E-state index contributed by atoms with van der Waals surface area (Å²) in [5.41, 5.74) is 1.36. The van der Waals surface area contributed by atoms with Gasteiger partial charge in [0.15, 0.2) is 0 Å². The van der Waals surface area contributed by atoms with Gasteiger partial charge >= 0.3 is 5.63 Å². The topological polar surface area (TPSA) is 89.2 Å². The van der Waals surface area contributed by atoms with Crippen LogP contribution in [0.2, 0.25) is 0 Å². The summed E-state index contributed by atoms with van der Waals surface area (Å²) >= 11 is 0. The van der Waals surface area contributed by atoms with Crippen molar-refractivity contribution in [2.45, 2.75) is 13.8 Å². The Hall–Kier alpha value is -3.39. The van der Waals surface area contributed by atoms with Gasteiger partial charge in [-0.3, -0.25) is 9.69 Å². The number of hydrogen-bond donors (Lipinski definition) is 1. The normalized spacial score (nSPS) is 13.9. The number of fused-ring (bicyclic) bond motifs is 1. The maximum atomic E-state index is 12.9. The maximum Gasteiger partial charge on any atom is 0.349 e. The summed E-state index contributed by atoms with van der Waals surface area (Å²) in [6.07, 6.45) is 1.80. The third-order valence-corrected chi connectivity index (χ3v) is 5.50. The minimum atomic E-state index is -0.658. The minimum absolute atomic E-state index is 0.0279. The van der Waals surface area contributed by atoms with Gasteiger partial charge in [0.1, 0.15) is 29.9 Å². The molecule has 0 unspecified atom stereocenters. The predicted octanol–water partition coefficient (Wildman–Crippen LogP) is 2.54. The second-order valence-corrected chi connectivity index (χ2v) is 7.33. The van der Waals surface area contributed by atoms with Crippen LogP contribution in [0.15, 0.2) is 51.8 Å². The van der Waals surface area contributed by atoms with Crippen molar-refractivity contribution < 1.29 is 18.9 Å². The number of nitrogens with one attached hydrogen (secondary N) is 2. The lowest BCUT2D eigenvalue weighted by Crippen LogP contribution is -2.40. The summed E-state index contributed by atoms with van der Waals surface area (Å²) in [5, 5.41) is 3.56. The van der Waals surface area contributed by atoms with Gasteiger partial charge in [-0.05, 0) is 44.2 Å². The molecule has 0 radical (unpaired) electrons. The van der Waals surface area contributed by atoms with E-state index in [1.54, 1.807) is 24.4 Å². The Morgan fingerprint density at radius 3 is 2.68 bits per heavy atom. The quantitative estimate of drug-likeness (QED) is 0.613. The highest BCUT2D eigenvalue weighted by molar-refractivity contribution is 6.06. The molecule has 2 N–H and O–H groups in total. The Morgan fingerprint density at radius 2 is 1.94 bits per heavy atom. The largest absolute Gasteiger partial charge is 0.422 e. The van der Waals surface area contributed by atoms with Gasteiger partial charge < -0.3 is 19.4 Å². The van der Waals surface area contributed by atoms with E-state index in [1.165, 1.54) is 0 Å². The summed E-state index contributed by atoms with van der Waals surface area (Å²) in [6, 6.07) is 10.9. The molecule has 0 atom stereocenters. The van der Waals surface area contributed by atoms with E-state index >= 15 is 0 Å². The molecular weight excluding hydrogens is 396 g/mol. The molecule has 1 fully saturated rings. The molecule has 1 aliphatic heterocycles. The number of aromatic amines is 1. The van der Waals surface area contributed by atoms with E-state index in [0.717, 1.165) is 37.7 Å². The molecule has 1 aliphatic rings. The molecule has 3 heterocycles. The fourth-order valence-electron chi connectivity index (χ4n) is 3.81. The summed E-state index contributed by atoms with van der Waals surface area (Å²) in [6.45, 7) is 8.54. The number of pyridine rings is 1. The van der Waals surface area contributed by atoms with Crippen molar-refractivity contribution in [3.63, 3.8) is 0 Å². The van der Waals surface area contributed by atoms with E-state index in [1.807, 2.05) is 18.2 Å². The number of rotatable bonds is 6. The molecule has 0 bridgehead atoms. The van der Waals surface area contributed by atoms with Gasteiger partial charge in [-0.2, -0.15) is 0 Å². The molecule has 4 rings (SSSR count). The lowest BCUT2D eigenvalue weighted by molar-refractivity contribution is -0.363. The van der Waals surface area contributed by atoms with Crippen LogP contribution in [0.3, 0.4) is 0 Å². The van der Waals surface area contributed by atoms with E-state index in [4.69, 9.17) is 9.15 Å². The van der Waals surface area contributed by atoms with Crippen molar-refractivity contribution >= 4 is 34.1 Å². The molecule has 31 heavy (non-hydrogen) atoms. The van der Waals surface area contributed by atoms with Crippen LogP contribution in [-0.4, -0.2) is 45.3 Å². The van der Waals surface area contributed by atoms with Crippen molar-refractivity contribution in [2.75, 3.05) is 54.5 Å². The number of hydrogen-bond acceptors (Lipinski definition) is 6. The van der Waals surface area contributed by atoms with Crippen LogP contribution in [0.25, 0.3) is 11.0 Å². The van der Waals surface area contributed by atoms with Gasteiger partial charge in [0.25, 0.3) is 11.7 Å². The monoisotopic (exact) mass is 423 g/mol. The number of morpholine rings is 1. The second-order valence-electron chi connectivity index (χ2n) is 7.33. The first-order valence-electron chi connectivity index (χ1n) is 10.6. The van der Waals surface area contributed by atoms with E-state index in [-0.39, 0.29) is 5.56 Å². The van der Waals surface area contributed by atoms with Crippen LogP contribution in [0.1, 0.15) is 24.2 Å². The SMILES string of the molecule is CCN(CC)c1ccc2cc(C(=O)Nc3ccc[nH+]c3N3CCOCC3)c(=O)oc2c1. The Labute approximate surface area is 180 Å². The standard InChI is InChI=1S/C23H26N4O4/c1-3-26(4-2)17-8-7-16-14-18(23(29)31-20(16)15-17)22(28)25-19-6-5-9-24-21(19)27-10-12-30-13-11-27/h5-9,14-15H,3-4,10-13H2,1-2H3,(H,25,28)/p+1. The number of carbonyl (C=O) groups excluding carboxylic acids is 1. The van der Waals surface area contributed by atoms with Crippen LogP contribution in [0.4, 0.5) is 17.2 Å².